The molecule has 0 aromatic carbocycles. The number of carbonyl (C=O) groups is 3. The smallest absolute Gasteiger partial charge is 0.269 e. The first-order valence-electron chi connectivity index (χ1n) is 5.29. The fourth-order valence-corrected chi connectivity index (χ4v) is 2.39. The van der Waals surface area contributed by atoms with Crippen LogP contribution < -0.4 is 5.32 Å². The van der Waals surface area contributed by atoms with Crippen LogP contribution in [0, 0.1) is 5.92 Å². The maximum Gasteiger partial charge on any atom is 0.331 e. The zero-order valence-electron chi connectivity index (χ0n) is 8.66. The summed E-state index contributed by atoms with van der Waals surface area (Å²) in [7, 11) is 0. The van der Waals surface area contributed by atoms with E-state index in [1.54, 1.807) is 0 Å². The number of rotatable bonds is 1. The summed E-state index contributed by atoms with van der Waals surface area (Å²) < 4.78 is 0. The van der Waals surface area contributed by atoms with Crippen molar-refractivity contribution in [2.75, 3.05) is 0 Å². The van der Waals surface area contributed by atoms with Gasteiger partial charge in [-0.05, 0) is 18.8 Å². The molecule has 1 aliphatic heterocycles. The zero-order valence-corrected chi connectivity index (χ0v) is 8.66. The highest BCUT2D eigenvalue weighted by Gasteiger charge is 2.43. The van der Waals surface area contributed by atoms with E-state index in [2.05, 4.69) is 0 Å². The molecule has 2 rings (SSSR count). The summed E-state index contributed by atoms with van der Waals surface area (Å²) >= 11 is 0. The Balaban J connectivity index is 2.18. The number of nitrogens with one attached hydrogen (secondary N) is 1. The summed E-state index contributed by atoms with van der Waals surface area (Å²) in [5.74, 6) is -1.20. The van der Waals surface area contributed by atoms with E-state index in [0.717, 1.165) is 30.6 Å². The first-order chi connectivity index (χ1) is 7.11. The van der Waals surface area contributed by atoms with Gasteiger partial charge in [0, 0.05) is 6.04 Å². The molecular formula is C10H14N2O3. The molecule has 5 heteroatoms. The molecule has 2 aliphatic rings. The highest BCUT2D eigenvalue weighted by Crippen LogP contribution is 2.29. The first-order valence-corrected chi connectivity index (χ1v) is 5.29. The number of nitrogens with zero attached hydrogens (tertiary/aromatic N) is 1. The van der Waals surface area contributed by atoms with Gasteiger partial charge in [-0.3, -0.25) is 19.8 Å². The van der Waals surface area contributed by atoms with E-state index >= 15 is 0 Å². The number of urea groups is 1. The Kier molecular flexibility index (Phi) is 2.46. The van der Waals surface area contributed by atoms with Crippen LogP contribution in [-0.2, 0) is 9.59 Å². The van der Waals surface area contributed by atoms with Crippen molar-refractivity contribution in [1.29, 1.82) is 0 Å². The quantitative estimate of drug-likeness (QED) is 0.510. The molecule has 0 radical (unpaired) electrons. The molecule has 0 bridgehead atoms. The molecule has 0 aromatic heterocycles. The Labute approximate surface area is 87.8 Å². The van der Waals surface area contributed by atoms with Crippen LogP contribution in [0.5, 0.6) is 0 Å². The maximum atomic E-state index is 11.5. The predicted molar refractivity (Wildman–Crippen MR) is 51.8 cm³/mol. The highest BCUT2D eigenvalue weighted by molar-refractivity contribution is 6.44. The monoisotopic (exact) mass is 210 g/mol. The van der Waals surface area contributed by atoms with Gasteiger partial charge in [0.05, 0.1) is 0 Å². The number of imide groups is 2. The topological polar surface area (TPSA) is 66.5 Å². The van der Waals surface area contributed by atoms with Gasteiger partial charge in [-0.25, -0.2) is 4.79 Å². The Hall–Kier alpha value is -1.39. The third-order valence-corrected chi connectivity index (χ3v) is 3.25. The third-order valence-electron chi connectivity index (χ3n) is 3.25. The van der Waals surface area contributed by atoms with E-state index in [4.69, 9.17) is 0 Å². The molecule has 5 nitrogen and oxygen atoms in total. The van der Waals surface area contributed by atoms with Crippen molar-refractivity contribution < 1.29 is 14.4 Å². The van der Waals surface area contributed by atoms with Gasteiger partial charge in [-0.2, -0.15) is 0 Å². The second kappa shape index (κ2) is 3.64. The molecule has 1 saturated carbocycles. The molecule has 2 atom stereocenters. The van der Waals surface area contributed by atoms with E-state index in [-0.39, 0.29) is 6.04 Å². The van der Waals surface area contributed by atoms with Crippen molar-refractivity contribution in [2.24, 2.45) is 5.92 Å². The van der Waals surface area contributed by atoms with E-state index in [1.165, 1.54) is 0 Å². The van der Waals surface area contributed by atoms with Crippen molar-refractivity contribution in [3.8, 4) is 0 Å². The van der Waals surface area contributed by atoms with Crippen molar-refractivity contribution in [1.82, 2.24) is 10.2 Å². The van der Waals surface area contributed by atoms with Crippen molar-refractivity contribution in [2.45, 2.75) is 38.6 Å². The number of hydrogen-bond acceptors (Lipinski definition) is 3. The van der Waals surface area contributed by atoms with Crippen molar-refractivity contribution in [3.63, 3.8) is 0 Å². The molecule has 0 aromatic rings. The van der Waals surface area contributed by atoms with Gasteiger partial charge in [0.2, 0.25) is 0 Å². The maximum absolute atomic E-state index is 11.5. The van der Waals surface area contributed by atoms with E-state index in [1.807, 2.05) is 12.2 Å². The Bertz CT molecular complexity index is 327. The zero-order chi connectivity index (χ0) is 11.0. The van der Waals surface area contributed by atoms with Crippen LogP contribution in [0.25, 0.3) is 0 Å². The molecule has 2 fully saturated rings. The molecule has 1 heterocycles. The molecule has 1 N–H and O–H groups in total. The number of amides is 4. The fraction of sp³-hybridized carbons (Fsp3) is 0.700. The molecule has 82 valence electrons. The third kappa shape index (κ3) is 1.62. The minimum absolute atomic E-state index is 0.0994. The fourth-order valence-electron chi connectivity index (χ4n) is 2.39. The molecule has 1 saturated heterocycles. The van der Waals surface area contributed by atoms with Gasteiger partial charge in [-0.15, -0.1) is 0 Å². The lowest BCUT2D eigenvalue weighted by Crippen LogP contribution is -2.45. The second-order valence-electron chi connectivity index (χ2n) is 4.26. The largest absolute Gasteiger partial charge is 0.331 e. The summed E-state index contributed by atoms with van der Waals surface area (Å²) in [4.78, 5) is 35.0. The van der Waals surface area contributed by atoms with Gasteiger partial charge in [0.25, 0.3) is 0 Å². The van der Waals surface area contributed by atoms with Gasteiger partial charge in [-0.1, -0.05) is 19.8 Å². The molecule has 2 unspecified atom stereocenters. The average Bonchev–Trinajstić information content (AvgIpc) is 2.43. The van der Waals surface area contributed by atoms with Gasteiger partial charge in [0.1, 0.15) is 0 Å². The van der Waals surface area contributed by atoms with Gasteiger partial charge >= 0.3 is 17.8 Å². The Morgan fingerprint density at radius 3 is 2.40 bits per heavy atom. The highest BCUT2D eigenvalue weighted by atomic mass is 16.2. The van der Waals surface area contributed by atoms with Gasteiger partial charge < -0.3 is 0 Å². The van der Waals surface area contributed by atoms with Crippen LogP contribution in [0.3, 0.4) is 0 Å². The average molecular weight is 210 g/mol. The van der Waals surface area contributed by atoms with E-state index in [9.17, 15) is 14.4 Å². The normalized spacial score (nSPS) is 32.1. The molecule has 4 amide bonds. The lowest BCUT2D eigenvalue weighted by molar-refractivity contribution is -0.141. The number of hydrogen-bond donors (Lipinski definition) is 1. The first kappa shape index (κ1) is 10.1. The summed E-state index contributed by atoms with van der Waals surface area (Å²) in [6.07, 6.45) is 3.97. The Morgan fingerprint density at radius 2 is 1.87 bits per heavy atom. The van der Waals surface area contributed by atoms with Crippen LogP contribution in [0.1, 0.15) is 32.6 Å². The molecule has 1 aliphatic carbocycles. The minimum atomic E-state index is -0.794. The summed E-state index contributed by atoms with van der Waals surface area (Å²) in [5, 5.41) is 2.03. The SMILES string of the molecule is CC1CCCCC1N1C(=O)NC(=O)C1=O. The van der Waals surface area contributed by atoms with Crippen LogP contribution >= 0.6 is 0 Å². The molecule has 0 spiro atoms. The number of carbonyl (C=O) groups excluding carboxylic acids is 3. The summed E-state index contributed by atoms with van der Waals surface area (Å²) in [6, 6.07) is -0.651. The van der Waals surface area contributed by atoms with Crippen LogP contribution in [0.4, 0.5) is 4.79 Å². The standard InChI is InChI=1S/C10H14N2O3/c1-6-4-2-3-5-7(6)12-9(14)8(13)11-10(12)15/h6-7H,2-5H2,1H3,(H,11,13,15). The minimum Gasteiger partial charge on any atom is -0.269 e. The van der Waals surface area contributed by atoms with E-state index in [0.29, 0.717) is 5.92 Å². The Morgan fingerprint density at radius 1 is 1.20 bits per heavy atom. The molecular weight excluding hydrogens is 196 g/mol. The van der Waals surface area contributed by atoms with Crippen molar-refractivity contribution >= 4 is 17.8 Å². The van der Waals surface area contributed by atoms with Crippen LogP contribution in [-0.4, -0.2) is 28.8 Å². The predicted octanol–water partition coefficient (Wildman–Crippen LogP) is 0.643. The summed E-state index contributed by atoms with van der Waals surface area (Å²) in [5.41, 5.74) is 0. The molecule has 15 heavy (non-hydrogen) atoms. The van der Waals surface area contributed by atoms with Crippen LogP contribution in [0.2, 0.25) is 0 Å². The van der Waals surface area contributed by atoms with Gasteiger partial charge in [0.15, 0.2) is 0 Å². The van der Waals surface area contributed by atoms with Crippen molar-refractivity contribution in [3.05, 3.63) is 0 Å². The van der Waals surface area contributed by atoms with E-state index < -0.39 is 17.8 Å². The van der Waals surface area contributed by atoms with Crippen LogP contribution in [0.15, 0.2) is 0 Å². The lowest BCUT2D eigenvalue weighted by Gasteiger charge is -2.33. The second-order valence-corrected chi connectivity index (χ2v) is 4.26. The lowest BCUT2D eigenvalue weighted by atomic mass is 9.85. The summed E-state index contributed by atoms with van der Waals surface area (Å²) in [6.45, 7) is 2.02.